The van der Waals surface area contributed by atoms with Crippen molar-refractivity contribution in [2.45, 2.75) is 31.8 Å². The number of carbonyl (C=O) groups excluding carboxylic acids is 2. The van der Waals surface area contributed by atoms with Crippen LogP contribution in [0.4, 0.5) is 10.8 Å². The van der Waals surface area contributed by atoms with E-state index in [1.54, 1.807) is 18.9 Å². The van der Waals surface area contributed by atoms with E-state index >= 15 is 0 Å². The number of esters is 1. The second-order valence-corrected chi connectivity index (χ2v) is 5.98. The number of rotatable bonds is 3. The third-order valence-corrected chi connectivity index (χ3v) is 4.29. The van der Waals surface area contributed by atoms with Crippen molar-refractivity contribution in [2.24, 2.45) is 0 Å². The molecule has 2 saturated heterocycles. The van der Waals surface area contributed by atoms with Crippen LogP contribution >= 0.6 is 0 Å². The number of nitrogens with zero attached hydrogens (tertiary/aromatic N) is 3. The maximum Gasteiger partial charge on any atom is 0.410 e. The summed E-state index contributed by atoms with van der Waals surface area (Å²) in [5.74, 6) is -0.486. The zero-order chi connectivity index (χ0) is 16.4. The van der Waals surface area contributed by atoms with Crippen molar-refractivity contribution in [2.75, 3.05) is 38.2 Å². The third kappa shape index (κ3) is 3.11. The van der Waals surface area contributed by atoms with E-state index in [-0.39, 0.29) is 11.8 Å². The molecule has 1 atom stereocenters. The van der Waals surface area contributed by atoms with Crippen LogP contribution in [0.3, 0.4) is 0 Å². The molecule has 2 aliphatic heterocycles. The molecule has 1 amide bonds. The lowest BCUT2D eigenvalue weighted by Gasteiger charge is -2.24. The van der Waals surface area contributed by atoms with Crippen LogP contribution in [-0.4, -0.2) is 60.8 Å². The number of amides is 1. The predicted molar refractivity (Wildman–Crippen MR) is 80.4 cm³/mol. The monoisotopic (exact) mass is 323 g/mol. The molecule has 0 bridgehead atoms. The Bertz CT molecular complexity index is 602. The van der Waals surface area contributed by atoms with E-state index in [0.717, 1.165) is 19.4 Å². The van der Waals surface area contributed by atoms with Crippen LogP contribution in [0.5, 0.6) is 0 Å². The molecule has 2 aliphatic rings. The van der Waals surface area contributed by atoms with Crippen LogP contribution in [-0.2, 0) is 9.47 Å². The molecule has 8 heteroatoms. The minimum absolute atomic E-state index is 0.174. The Morgan fingerprint density at radius 1 is 1.43 bits per heavy atom. The first kappa shape index (κ1) is 15.6. The molecule has 0 N–H and O–H groups in total. The highest BCUT2D eigenvalue weighted by Crippen LogP contribution is 2.33. The fraction of sp³-hybridized carbons (Fsp3) is 0.667. The average molecular weight is 323 g/mol. The summed E-state index contributed by atoms with van der Waals surface area (Å²) < 4.78 is 15.9. The van der Waals surface area contributed by atoms with Crippen LogP contribution in [0.1, 0.15) is 36.7 Å². The van der Waals surface area contributed by atoms with E-state index in [1.807, 2.05) is 4.90 Å². The van der Waals surface area contributed by atoms with Crippen molar-refractivity contribution in [1.29, 1.82) is 0 Å². The summed E-state index contributed by atoms with van der Waals surface area (Å²) in [6.45, 7) is 4.05. The highest BCUT2D eigenvalue weighted by atomic mass is 16.6. The zero-order valence-corrected chi connectivity index (χ0v) is 13.4. The van der Waals surface area contributed by atoms with Gasteiger partial charge in [0.05, 0.1) is 13.2 Å². The molecule has 3 heterocycles. The topological polar surface area (TPSA) is 85.1 Å². The van der Waals surface area contributed by atoms with Gasteiger partial charge >= 0.3 is 12.1 Å². The van der Waals surface area contributed by atoms with E-state index < -0.39 is 11.6 Å². The number of aromatic nitrogens is 1. The summed E-state index contributed by atoms with van der Waals surface area (Å²) in [6.07, 6.45) is 3.43. The Kier molecular flexibility index (Phi) is 4.14. The first-order valence-corrected chi connectivity index (χ1v) is 7.85. The molecule has 1 unspecified atom stereocenters. The number of oxazole rings is 1. The first-order valence-electron chi connectivity index (χ1n) is 7.85. The summed E-state index contributed by atoms with van der Waals surface area (Å²) in [7, 11) is 1.75. The smallest absolute Gasteiger partial charge is 0.410 e. The van der Waals surface area contributed by atoms with Gasteiger partial charge in [0.1, 0.15) is 11.9 Å². The zero-order valence-electron chi connectivity index (χ0n) is 13.4. The Hall–Kier alpha value is -2.25. The lowest BCUT2D eigenvalue weighted by molar-refractivity contribution is 0.0471. The van der Waals surface area contributed by atoms with Gasteiger partial charge in [-0.05, 0) is 19.8 Å². The van der Waals surface area contributed by atoms with Gasteiger partial charge in [0.2, 0.25) is 0 Å². The Morgan fingerprint density at radius 2 is 2.26 bits per heavy atom. The summed E-state index contributed by atoms with van der Waals surface area (Å²) >= 11 is 0. The first-order chi connectivity index (χ1) is 11.0. The lowest BCUT2D eigenvalue weighted by atomic mass is 9.95. The van der Waals surface area contributed by atoms with Crippen molar-refractivity contribution in [3.63, 3.8) is 0 Å². The van der Waals surface area contributed by atoms with Crippen LogP contribution in [0.2, 0.25) is 0 Å². The second-order valence-electron chi connectivity index (χ2n) is 5.98. The molecule has 2 fully saturated rings. The Morgan fingerprint density at radius 3 is 2.96 bits per heavy atom. The fourth-order valence-electron chi connectivity index (χ4n) is 3.12. The number of likely N-dealkylation sites (N-methyl/N-ethyl adjacent to an activating group) is 1. The van der Waals surface area contributed by atoms with Gasteiger partial charge in [0.25, 0.3) is 6.01 Å². The number of ether oxygens (including phenoxy) is 2. The third-order valence-electron chi connectivity index (χ3n) is 4.29. The van der Waals surface area contributed by atoms with Gasteiger partial charge in [0.15, 0.2) is 5.69 Å². The summed E-state index contributed by atoms with van der Waals surface area (Å²) in [5.41, 5.74) is -0.246. The average Bonchev–Trinajstić information content (AvgIpc) is 3.03. The van der Waals surface area contributed by atoms with Crippen molar-refractivity contribution in [3.05, 3.63) is 12.0 Å². The normalized spacial score (nSPS) is 24.7. The van der Waals surface area contributed by atoms with E-state index in [2.05, 4.69) is 4.98 Å². The van der Waals surface area contributed by atoms with Gasteiger partial charge in [-0.2, -0.15) is 4.98 Å². The number of hydrogen-bond donors (Lipinski definition) is 0. The van der Waals surface area contributed by atoms with Gasteiger partial charge in [-0.1, -0.05) is 0 Å². The highest BCUT2D eigenvalue weighted by molar-refractivity contribution is 5.87. The molecule has 8 nitrogen and oxygen atoms in total. The van der Waals surface area contributed by atoms with E-state index in [4.69, 9.17) is 13.9 Å². The van der Waals surface area contributed by atoms with E-state index in [0.29, 0.717) is 32.1 Å². The van der Waals surface area contributed by atoms with Gasteiger partial charge in [-0.15, -0.1) is 0 Å². The number of anilines is 1. The molecular formula is C15H21N3O5. The largest absolute Gasteiger partial charge is 0.461 e. The molecule has 1 aromatic rings. The lowest BCUT2D eigenvalue weighted by Crippen LogP contribution is -2.35. The predicted octanol–water partition coefficient (Wildman–Crippen LogP) is 1.66. The van der Waals surface area contributed by atoms with Crippen LogP contribution in [0.25, 0.3) is 0 Å². The van der Waals surface area contributed by atoms with Gasteiger partial charge < -0.3 is 23.7 Å². The molecule has 1 aromatic heterocycles. The minimum Gasteiger partial charge on any atom is -0.461 e. The van der Waals surface area contributed by atoms with Gasteiger partial charge in [0, 0.05) is 26.6 Å². The maximum absolute atomic E-state index is 11.7. The summed E-state index contributed by atoms with van der Waals surface area (Å²) in [4.78, 5) is 31.1. The fourth-order valence-corrected chi connectivity index (χ4v) is 3.12. The van der Waals surface area contributed by atoms with Gasteiger partial charge in [-0.3, -0.25) is 0 Å². The number of carbonyl (C=O) groups is 2. The molecular weight excluding hydrogens is 302 g/mol. The molecule has 0 aliphatic carbocycles. The molecule has 0 aromatic carbocycles. The van der Waals surface area contributed by atoms with E-state index in [9.17, 15) is 9.59 Å². The molecule has 126 valence electrons. The van der Waals surface area contributed by atoms with Crippen molar-refractivity contribution in [3.8, 4) is 0 Å². The SMILES string of the molecule is CCOC(=O)c1coc(N2CCCC3(CC2)CN(C)C(=O)O3)n1. The van der Waals surface area contributed by atoms with Crippen molar-refractivity contribution in [1.82, 2.24) is 9.88 Å². The van der Waals surface area contributed by atoms with Crippen LogP contribution in [0.15, 0.2) is 10.7 Å². The molecule has 23 heavy (non-hydrogen) atoms. The quantitative estimate of drug-likeness (QED) is 0.782. The number of hydrogen-bond acceptors (Lipinski definition) is 7. The highest BCUT2D eigenvalue weighted by Gasteiger charge is 2.44. The van der Waals surface area contributed by atoms with Crippen LogP contribution in [0, 0.1) is 0 Å². The van der Waals surface area contributed by atoms with E-state index in [1.165, 1.54) is 6.26 Å². The molecule has 1 spiro atoms. The standard InChI is InChI=1S/C15H21N3O5/c1-3-21-12(19)11-9-22-13(16-11)18-7-4-5-15(6-8-18)10-17(2)14(20)23-15/h9H,3-8,10H2,1-2H3. The summed E-state index contributed by atoms with van der Waals surface area (Å²) in [5, 5.41) is 0. The van der Waals surface area contributed by atoms with Crippen LogP contribution < -0.4 is 4.90 Å². The Labute approximate surface area is 134 Å². The maximum atomic E-state index is 11.7. The minimum atomic E-state index is -0.486. The Balaban J connectivity index is 1.67. The second kappa shape index (κ2) is 6.10. The molecule has 3 rings (SSSR count). The molecule has 0 radical (unpaired) electrons. The summed E-state index contributed by atoms with van der Waals surface area (Å²) in [6, 6.07) is 0.405. The van der Waals surface area contributed by atoms with Gasteiger partial charge in [-0.25, -0.2) is 9.59 Å². The van der Waals surface area contributed by atoms with Crippen molar-refractivity contribution < 1.29 is 23.5 Å². The molecule has 0 saturated carbocycles. The van der Waals surface area contributed by atoms with Crippen molar-refractivity contribution >= 4 is 18.1 Å².